The van der Waals surface area contributed by atoms with Gasteiger partial charge in [-0.2, -0.15) is 0 Å². The third kappa shape index (κ3) is 4.36. The molecule has 1 aromatic rings. The molecule has 0 bridgehead atoms. The van der Waals surface area contributed by atoms with E-state index >= 15 is 0 Å². The van der Waals surface area contributed by atoms with Crippen LogP contribution in [0, 0.1) is 17.2 Å². The predicted molar refractivity (Wildman–Crippen MR) is 86.4 cm³/mol. The van der Waals surface area contributed by atoms with Crippen LogP contribution in [0.3, 0.4) is 0 Å². The maximum atomic E-state index is 13.8. The van der Waals surface area contributed by atoms with Gasteiger partial charge in [0, 0.05) is 17.8 Å². The minimum Gasteiger partial charge on any atom is -0.491 e. The van der Waals surface area contributed by atoms with E-state index in [4.69, 9.17) is 4.74 Å². The SMILES string of the molecule is CCOc1ccc(NC2CCC(C(C)(C)C)CC2)cc1F. The molecule has 1 aliphatic carbocycles. The van der Waals surface area contributed by atoms with Gasteiger partial charge < -0.3 is 10.1 Å². The average Bonchev–Trinajstić information content (AvgIpc) is 2.42. The maximum absolute atomic E-state index is 13.8. The second-order valence-corrected chi connectivity index (χ2v) is 7.14. The van der Waals surface area contributed by atoms with Crippen LogP contribution in [0.5, 0.6) is 5.75 Å². The summed E-state index contributed by atoms with van der Waals surface area (Å²) in [4.78, 5) is 0. The number of hydrogen-bond acceptors (Lipinski definition) is 2. The van der Waals surface area contributed by atoms with Crippen molar-refractivity contribution < 1.29 is 9.13 Å². The molecule has 1 fully saturated rings. The third-order valence-electron chi connectivity index (χ3n) is 4.55. The molecule has 0 heterocycles. The number of ether oxygens (including phenoxy) is 1. The van der Waals surface area contributed by atoms with E-state index in [0.29, 0.717) is 23.8 Å². The van der Waals surface area contributed by atoms with Gasteiger partial charge in [-0.15, -0.1) is 0 Å². The summed E-state index contributed by atoms with van der Waals surface area (Å²) in [7, 11) is 0. The number of anilines is 1. The molecule has 1 saturated carbocycles. The average molecular weight is 293 g/mol. The Labute approximate surface area is 128 Å². The van der Waals surface area contributed by atoms with E-state index in [1.807, 2.05) is 13.0 Å². The van der Waals surface area contributed by atoms with Crippen LogP contribution in [0.4, 0.5) is 10.1 Å². The van der Waals surface area contributed by atoms with Crippen molar-refractivity contribution in [1.29, 1.82) is 0 Å². The quantitative estimate of drug-likeness (QED) is 0.819. The Hall–Kier alpha value is -1.25. The Kier molecular flexibility index (Phi) is 5.13. The van der Waals surface area contributed by atoms with E-state index in [-0.39, 0.29) is 5.82 Å². The highest BCUT2D eigenvalue weighted by atomic mass is 19.1. The van der Waals surface area contributed by atoms with E-state index in [0.717, 1.165) is 24.4 Å². The molecule has 0 radical (unpaired) electrons. The highest BCUT2D eigenvalue weighted by molar-refractivity contribution is 5.48. The fourth-order valence-corrected chi connectivity index (χ4v) is 3.20. The van der Waals surface area contributed by atoms with Crippen molar-refractivity contribution in [2.45, 2.75) is 59.4 Å². The summed E-state index contributed by atoms with van der Waals surface area (Å²) in [5.74, 6) is 0.845. The minimum absolute atomic E-state index is 0.287. The second-order valence-electron chi connectivity index (χ2n) is 7.14. The molecule has 1 aromatic carbocycles. The van der Waals surface area contributed by atoms with Crippen LogP contribution < -0.4 is 10.1 Å². The van der Waals surface area contributed by atoms with E-state index in [9.17, 15) is 4.39 Å². The summed E-state index contributed by atoms with van der Waals surface area (Å²) in [6.45, 7) is 9.33. The van der Waals surface area contributed by atoms with Gasteiger partial charge in [-0.3, -0.25) is 0 Å². The molecule has 2 rings (SSSR count). The summed E-state index contributed by atoms with van der Waals surface area (Å²) < 4.78 is 19.1. The van der Waals surface area contributed by atoms with Crippen LogP contribution in [0.1, 0.15) is 53.4 Å². The Morgan fingerprint density at radius 2 is 1.86 bits per heavy atom. The fourth-order valence-electron chi connectivity index (χ4n) is 3.20. The third-order valence-corrected chi connectivity index (χ3v) is 4.55. The molecule has 0 atom stereocenters. The van der Waals surface area contributed by atoms with E-state index in [1.54, 1.807) is 12.1 Å². The molecule has 2 nitrogen and oxygen atoms in total. The molecule has 0 aromatic heterocycles. The lowest BCUT2D eigenvalue weighted by Gasteiger charge is -2.37. The first kappa shape index (κ1) is 16.1. The van der Waals surface area contributed by atoms with Crippen LogP contribution in [-0.2, 0) is 0 Å². The van der Waals surface area contributed by atoms with Crippen molar-refractivity contribution in [1.82, 2.24) is 0 Å². The summed E-state index contributed by atoms with van der Waals surface area (Å²) in [6, 6.07) is 5.62. The summed E-state index contributed by atoms with van der Waals surface area (Å²) in [5.41, 5.74) is 1.26. The highest BCUT2D eigenvalue weighted by Gasteiger charge is 2.29. The first-order valence-corrected chi connectivity index (χ1v) is 8.09. The lowest BCUT2D eigenvalue weighted by atomic mass is 9.71. The summed E-state index contributed by atoms with van der Waals surface area (Å²) in [5, 5.41) is 3.47. The topological polar surface area (TPSA) is 21.3 Å². The zero-order valence-corrected chi connectivity index (χ0v) is 13.7. The van der Waals surface area contributed by atoms with Gasteiger partial charge in [0.1, 0.15) is 0 Å². The predicted octanol–water partition coefficient (Wildman–Crippen LogP) is 5.24. The van der Waals surface area contributed by atoms with Gasteiger partial charge in [0.05, 0.1) is 6.61 Å². The largest absolute Gasteiger partial charge is 0.491 e. The van der Waals surface area contributed by atoms with Gasteiger partial charge in [-0.1, -0.05) is 20.8 Å². The molecule has 0 aliphatic heterocycles. The molecular weight excluding hydrogens is 265 g/mol. The van der Waals surface area contributed by atoms with Gasteiger partial charge in [-0.05, 0) is 56.1 Å². The van der Waals surface area contributed by atoms with Gasteiger partial charge in [0.2, 0.25) is 0 Å². The van der Waals surface area contributed by atoms with Gasteiger partial charge >= 0.3 is 0 Å². The molecule has 118 valence electrons. The van der Waals surface area contributed by atoms with Crippen molar-refractivity contribution in [3.63, 3.8) is 0 Å². The van der Waals surface area contributed by atoms with Crippen molar-refractivity contribution in [2.75, 3.05) is 11.9 Å². The van der Waals surface area contributed by atoms with Crippen molar-refractivity contribution in [3.05, 3.63) is 24.0 Å². The number of benzene rings is 1. The lowest BCUT2D eigenvalue weighted by molar-refractivity contribution is 0.173. The molecule has 0 spiro atoms. The summed E-state index contributed by atoms with van der Waals surface area (Å²) >= 11 is 0. The minimum atomic E-state index is -0.287. The number of rotatable bonds is 4. The molecule has 0 unspecified atom stereocenters. The number of hydrogen-bond donors (Lipinski definition) is 1. The first-order chi connectivity index (χ1) is 9.90. The fraction of sp³-hybridized carbons (Fsp3) is 0.667. The Morgan fingerprint density at radius 1 is 1.19 bits per heavy atom. The number of halogens is 1. The van der Waals surface area contributed by atoms with E-state index in [1.165, 1.54) is 12.8 Å². The van der Waals surface area contributed by atoms with Crippen LogP contribution in [0.2, 0.25) is 0 Å². The van der Waals surface area contributed by atoms with Crippen molar-refractivity contribution >= 4 is 5.69 Å². The normalized spacial score (nSPS) is 22.9. The molecule has 21 heavy (non-hydrogen) atoms. The molecule has 1 aliphatic rings. The van der Waals surface area contributed by atoms with Crippen molar-refractivity contribution in [3.8, 4) is 5.75 Å². The molecule has 0 amide bonds. The van der Waals surface area contributed by atoms with E-state index in [2.05, 4.69) is 26.1 Å². The van der Waals surface area contributed by atoms with Crippen LogP contribution in [0.25, 0.3) is 0 Å². The first-order valence-electron chi connectivity index (χ1n) is 8.09. The molecule has 1 N–H and O–H groups in total. The van der Waals surface area contributed by atoms with E-state index < -0.39 is 0 Å². The lowest BCUT2D eigenvalue weighted by Crippen LogP contribution is -2.31. The maximum Gasteiger partial charge on any atom is 0.167 e. The van der Waals surface area contributed by atoms with Crippen molar-refractivity contribution in [2.24, 2.45) is 11.3 Å². The standard InChI is InChI=1S/C18H28FNO/c1-5-21-17-11-10-15(12-16(17)19)20-14-8-6-13(7-9-14)18(2,3)4/h10-14,20H,5-9H2,1-4H3. The Bertz CT molecular complexity index is 459. The smallest absolute Gasteiger partial charge is 0.167 e. The highest BCUT2D eigenvalue weighted by Crippen LogP contribution is 2.38. The summed E-state index contributed by atoms with van der Waals surface area (Å²) in [6.07, 6.45) is 4.83. The zero-order chi connectivity index (χ0) is 15.5. The van der Waals surface area contributed by atoms with Crippen LogP contribution in [-0.4, -0.2) is 12.6 Å². The van der Waals surface area contributed by atoms with Gasteiger partial charge in [0.25, 0.3) is 0 Å². The Morgan fingerprint density at radius 3 is 2.38 bits per heavy atom. The second kappa shape index (κ2) is 6.67. The monoisotopic (exact) mass is 293 g/mol. The molecular formula is C18H28FNO. The molecule has 0 saturated heterocycles. The van der Waals surface area contributed by atoms with Gasteiger partial charge in [-0.25, -0.2) is 4.39 Å². The van der Waals surface area contributed by atoms with Crippen LogP contribution >= 0.6 is 0 Å². The van der Waals surface area contributed by atoms with Gasteiger partial charge in [0.15, 0.2) is 11.6 Å². The number of nitrogens with one attached hydrogen (secondary N) is 1. The Balaban J connectivity index is 1.90. The molecule has 3 heteroatoms. The zero-order valence-electron chi connectivity index (χ0n) is 13.7. The van der Waals surface area contributed by atoms with Crippen LogP contribution in [0.15, 0.2) is 18.2 Å².